The van der Waals surface area contributed by atoms with Gasteiger partial charge in [0.1, 0.15) is 11.9 Å². The predicted molar refractivity (Wildman–Crippen MR) is 142 cm³/mol. The van der Waals surface area contributed by atoms with E-state index in [2.05, 4.69) is 5.32 Å². The van der Waals surface area contributed by atoms with E-state index in [-0.39, 0.29) is 36.7 Å². The average molecular weight is 519 g/mol. The summed E-state index contributed by atoms with van der Waals surface area (Å²) in [7, 11) is 0. The van der Waals surface area contributed by atoms with Gasteiger partial charge in [0.2, 0.25) is 0 Å². The second-order valence-electron chi connectivity index (χ2n) is 10.3. The number of primary amides is 1. The molecule has 2 amide bonds. The summed E-state index contributed by atoms with van der Waals surface area (Å²) < 4.78 is 5.36. The van der Waals surface area contributed by atoms with Gasteiger partial charge in [0, 0.05) is 36.5 Å². The number of carbonyl (C=O) groups is 2. The first kappa shape index (κ1) is 30.3. The van der Waals surface area contributed by atoms with Crippen molar-refractivity contribution >= 4 is 17.7 Å². The monoisotopic (exact) mass is 518 g/mol. The highest BCUT2D eigenvalue weighted by atomic mass is 16.6. The van der Waals surface area contributed by atoms with Crippen molar-refractivity contribution in [1.29, 1.82) is 0 Å². The fraction of sp³-hybridized carbons (Fsp3) is 0.571. The van der Waals surface area contributed by atoms with Crippen molar-refractivity contribution in [1.82, 2.24) is 0 Å². The number of rotatable bonds is 3. The van der Waals surface area contributed by atoms with Crippen molar-refractivity contribution in [3.8, 4) is 5.75 Å². The molecule has 0 unspecified atom stereocenters. The van der Waals surface area contributed by atoms with Crippen LogP contribution in [0, 0.1) is 23.7 Å². The molecule has 9 heteroatoms. The summed E-state index contributed by atoms with van der Waals surface area (Å²) >= 11 is 0. The zero-order valence-corrected chi connectivity index (χ0v) is 22.2. The highest BCUT2D eigenvalue weighted by Gasteiger charge is 2.29. The molecule has 6 atom stereocenters. The molecule has 9 nitrogen and oxygen atoms in total. The van der Waals surface area contributed by atoms with E-state index in [1.807, 2.05) is 13.8 Å². The largest absolute Gasteiger partial charge is 0.505 e. The third kappa shape index (κ3) is 8.59. The van der Waals surface area contributed by atoms with E-state index < -0.39 is 30.1 Å². The second-order valence-corrected chi connectivity index (χ2v) is 10.3. The summed E-state index contributed by atoms with van der Waals surface area (Å²) in [5.41, 5.74) is 7.35. The summed E-state index contributed by atoms with van der Waals surface area (Å²) in [5.74, 6) is -1.67. The highest BCUT2D eigenvalue weighted by Crippen LogP contribution is 2.32. The number of aliphatic hydroxyl groups is 3. The van der Waals surface area contributed by atoms with E-state index in [0.717, 1.165) is 0 Å². The van der Waals surface area contributed by atoms with Gasteiger partial charge in [-0.1, -0.05) is 38.1 Å². The fourth-order valence-electron chi connectivity index (χ4n) is 5.04. The number of anilines is 1. The Kier molecular flexibility index (Phi) is 11.6. The summed E-state index contributed by atoms with van der Waals surface area (Å²) in [5, 5.41) is 44.7. The third-order valence-corrected chi connectivity index (χ3v) is 7.12. The molecule has 206 valence electrons. The van der Waals surface area contributed by atoms with Crippen LogP contribution in [0.3, 0.4) is 0 Å². The molecule has 1 aliphatic heterocycles. The molecule has 0 fully saturated rings. The van der Waals surface area contributed by atoms with Gasteiger partial charge in [0.15, 0.2) is 0 Å². The Morgan fingerprint density at radius 2 is 1.84 bits per heavy atom. The average Bonchev–Trinajstić information content (AvgIpc) is 2.85. The molecule has 1 aliphatic rings. The lowest BCUT2D eigenvalue weighted by Crippen LogP contribution is -2.34. The van der Waals surface area contributed by atoms with Crippen LogP contribution >= 0.6 is 0 Å². The standard InChI is InChI=1S/C28H42N2O7/c1-16-11-20-8-6-10-23(25(20)34)30-27(35)17(2)7-5-9-21(14-31)26(37-28(29)36)19(4)13-18(3)24(33)22(12-16)15-32/h6-8,10,13,16,18,21-22,24,26,31-34H,5,9,11-12,14-15H2,1-4H3,(H2,29,36)(H,30,35)/t16-,18+,21-,22-,24-,26+/m1/s1. The lowest BCUT2D eigenvalue weighted by Gasteiger charge is -2.30. The van der Waals surface area contributed by atoms with E-state index in [1.54, 1.807) is 44.2 Å². The van der Waals surface area contributed by atoms with Crippen LogP contribution < -0.4 is 11.1 Å². The molecule has 0 aromatic heterocycles. The quantitative estimate of drug-likeness (QED) is 0.264. The summed E-state index contributed by atoms with van der Waals surface area (Å²) in [6, 6.07) is 5.18. The number of ether oxygens (including phenoxy) is 1. The second kappa shape index (κ2) is 14.2. The number of phenolic OH excluding ortho intramolecular Hbond substituents is 1. The molecule has 0 spiro atoms. The van der Waals surface area contributed by atoms with E-state index >= 15 is 0 Å². The smallest absolute Gasteiger partial charge is 0.405 e. The molecule has 7 N–H and O–H groups in total. The fourth-order valence-corrected chi connectivity index (χ4v) is 5.04. The van der Waals surface area contributed by atoms with Gasteiger partial charge in [0.25, 0.3) is 5.91 Å². The zero-order valence-electron chi connectivity index (χ0n) is 22.2. The zero-order chi connectivity index (χ0) is 27.7. The number of nitrogens with two attached hydrogens (primary N) is 1. The molecule has 0 aliphatic carbocycles. The normalized spacial score (nSPS) is 28.6. The number of benzene rings is 1. The van der Waals surface area contributed by atoms with Crippen LogP contribution in [0.15, 0.2) is 41.5 Å². The molecular formula is C28H42N2O7. The minimum absolute atomic E-state index is 0.00627. The van der Waals surface area contributed by atoms with Gasteiger partial charge < -0.3 is 36.2 Å². The first-order chi connectivity index (χ1) is 17.5. The predicted octanol–water partition coefficient (Wildman–Crippen LogP) is 3.26. The molecule has 2 bridgehead atoms. The van der Waals surface area contributed by atoms with Crippen molar-refractivity contribution < 1.29 is 34.8 Å². The third-order valence-electron chi connectivity index (χ3n) is 7.12. The molecule has 1 aromatic rings. The van der Waals surface area contributed by atoms with E-state index in [9.17, 15) is 30.0 Å². The SMILES string of the molecule is CC1=CCC[C@H](CO)[C@@H](OC(N)=O)C(C)=C[C@H](C)[C@@H](O)[C@@H](CO)C[C@H](C)Cc2cccc(c2O)NC1=O. The van der Waals surface area contributed by atoms with Crippen LogP contribution in [0.25, 0.3) is 0 Å². The molecular weight excluding hydrogens is 476 g/mol. The van der Waals surface area contributed by atoms with Gasteiger partial charge in [0.05, 0.1) is 11.8 Å². The Labute approximate surface area is 219 Å². The van der Waals surface area contributed by atoms with Crippen LogP contribution in [-0.4, -0.2) is 57.8 Å². The minimum Gasteiger partial charge on any atom is -0.505 e. The molecule has 0 radical (unpaired) electrons. The van der Waals surface area contributed by atoms with Gasteiger partial charge in [-0.3, -0.25) is 4.79 Å². The van der Waals surface area contributed by atoms with Crippen molar-refractivity contribution in [2.75, 3.05) is 18.5 Å². The number of amides is 2. The number of para-hydroxylation sites is 1. The Bertz CT molecular complexity index is 991. The maximum Gasteiger partial charge on any atom is 0.405 e. The molecule has 37 heavy (non-hydrogen) atoms. The Hall–Kier alpha value is -2.88. The van der Waals surface area contributed by atoms with Gasteiger partial charge in [-0.2, -0.15) is 0 Å². The van der Waals surface area contributed by atoms with Crippen LogP contribution in [0.1, 0.15) is 52.5 Å². The van der Waals surface area contributed by atoms with Gasteiger partial charge in [-0.25, -0.2) is 4.79 Å². The Morgan fingerprint density at radius 3 is 2.46 bits per heavy atom. The minimum atomic E-state index is -0.975. The number of nitrogens with one attached hydrogen (secondary N) is 1. The number of fused-ring (bicyclic) bond motifs is 2. The maximum atomic E-state index is 12.8. The number of carbonyl (C=O) groups excluding carboxylic acids is 2. The molecule has 1 heterocycles. The van der Waals surface area contributed by atoms with E-state index in [0.29, 0.717) is 48.1 Å². The lowest BCUT2D eigenvalue weighted by atomic mass is 9.82. The van der Waals surface area contributed by atoms with Gasteiger partial charge in [-0.15, -0.1) is 0 Å². The summed E-state index contributed by atoms with van der Waals surface area (Å²) in [4.78, 5) is 24.4. The number of aliphatic hydroxyl groups excluding tert-OH is 3. The van der Waals surface area contributed by atoms with Crippen LogP contribution in [0.5, 0.6) is 5.75 Å². The van der Waals surface area contributed by atoms with Crippen LogP contribution in [0.4, 0.5) is 10.5 Å². The number of allylic oxidation sites excluding steroid dienone is 1. The summed E-state index contributed by atoms with van der Waals surface area (Å²) in [6.45, 7) is 6.70. The summed E-state index contributed by atoms with van der Waals surface area (Å²) in [6.07, 6.45) is 2.65. The molecule has 1 aromatic carbocycles. The van der Waals surface area contributed by atoms with Crippen molar-refractivity contribution in [3.05, 3.63) is 47.1 Å². The number of phenols is 1. The van der Waals surface area contributed by atoms with Gasteiger partial charge >= 0.3 is 6.09 Å². The van der Waals surface area contributed by atoms with Gasteiger partial charge in [-0.05, 0) is 62.7 Å². The van der Waals surface area contributed by atoms with E-state index in [1.165, 1.54) is 0 Å². The first-order valence-corrected chi connectivity index (χ1v) is 12.8. The maximum absolute atomic E-state index is 12.8. The Balaban J connectivity index is 2.48. The van der Waals surface area contributed by atoms with Crippen molar-refractivity contribution in [2.45, 2.75) is 65.6 Å². The Morgan fingerprint density at radius 1 is 1.16 bits per heavy atom. The molecule has 0 saturated heterocycles. The molecule has 0 saturated carbocycles. The number of hydrogen-bond acceptors (Lipinski definition) is 7. The van der Waals surface area contributed by atoms with Crippen LogP contribution in [0.2, 0.25) is 0 Å². The highest BCUT2D eigenvalue weighted by molar-refractivity contribution is 6.04. The van der Waals surface area contributed by atoms with E-state index in [4.69, 9.17) is 10.5 Å². The van der Waals surface area contributed by atoms with Crippen molar-refractivity contribution in [2.24, 2.45) is 29.4 Å². The van der Waals surface area contributed by atoms with Crippen LogP contribution in [-0.2, 0) is 16.0 Å². The number of hydrogen-bond donors (Lipinski definition) is 6. The number of aromatic hydroxyl groups is 1. The molecule has 2 rings (SSSR count). The first-order valence-electron chi connectivity index (χ1n) is 12.8. The van der Waals surface area contributed by atoms with Crippen molar-refractivity contribution in [3.63, 3.8) is 0 Å². The lowest BCUT2D eigenvalue weighted by molar-refractivity contribution is -0.112. The topological polar surface area (TPSA) is 162 Å².